The fourth-order valence-electron chi connectivity index (χ4n) is 3.44. The first-order chi connectivity index (χ1) is 16.7. The molecule has 2 amide bonds. The third-order valence-electron chi connectivity index (χ3n) is 5.17. The van der Waals surface area contributed by atoms with Crippen LogP contribution in [0.5, 0.6) is 5.88 Å². The number of para-hydroxylation sites is 1. The van der Waals surface area contributed by atoms with Crippen molar-refractivity contribution in [3.63, 3.8) is 0 Å². The first-order valence-electron chi connectivity index (χ1n) is 10.4. The summed E-state index contributed by atoms with van der Waals surface area (Å²) in [4.78, 5) is 57.5. The summed E-state index contributed by atoms with van der Waals surface area (Å²) in [6.07, 6.45) is -0.246. The predicted octanol–water partition coefficient (Wildman–Crippen LogP) is 1.92. The van der Waals surface area contributed by atoms with E-state index in [1.54, 1.807) is 30.3 Å². The van der Waals surface area contributed by atoms with E-state index in [-0.39, 0.29) is 22.8 Å². The molecule has 1 fully saturated rings. The Bertz CT molecular complexity index is 1430. The molecule has 0 spiro atoms. The molecule has 0 aliphatic carbocycles. The topological polar surface area (TPSA) is 157 Å². The second-order valence-corrected chi connectivity index (χ2v) is 8.94. The Balaban J connectivity index is 1.60. The highest BCUT2D eigenvalue weighted by Gasteiger charge is 2.34. The number of amidine groups is 1. The lowest BCUT2D eigenvalue weighted by molar-refractivity contribution is -0.122. The van der Waals surface area contributed by atoms with Gasteiger partial charge in [0.15, 0.2) is 5.17 Å². The van der Waals surface area contributed by atoms with E-state index >= 15 is 0 Å². The molecule has 35 heavy (non-hydrogen) atoms. The molecule has 2 unspecified atom stereocenters. The minimum atomic E-state index is -1.06. The summed E-state index contributed by atoms with van der Waals surface area (Å²) in [7, 11) is 0. The molecule has 1 aliphatic rings. The van der Waals surface area contributed by atoms with Gasteiger partial charge in [-0.15, -0.1) is 0 Å². The Hall–Kier alpha value is -4.19. The van der Waals surface area contributed by atoms with Gasteiger partial charge in [0.25, 0.3) is 5.56 Å². The Morgan fingerprint density at radius 3 is 2.54 bits per heavy atom. The molecule has 1 saturated heterocycles. The number of carbonyl (C=O) groups excluding carboxylic acids is 2. The zero-order valence-electron chi connectivity index (χ0n) is 18.3. The number of H-pyrrole nitrogens is 2. The molecular weight excluding hydrogens is 477 g/mol. The van der Waals surface area contributed by atoms with Crippen molar-refractivity contribution in [2.75, 3.05) is 5.32 Å². The summed E-state index contributed by atoms with van der Waals surface area (Å²) in [5.74, 6) is -2.30. The number of aliphatic imine (C=N–C) groups is 1. The van der Waals surface area contributed by atoms with Crippen LogP contribution in [0.4, 0.5) is 10.1 Å². The van der Waals surface area contributed by atoms with E-state index in [9.17, 15) is 28.7 Å². The fraction of sp³-hybridized carbons (Fsp3) is 0.174. The molecule has 5 N–H and O–H groups in total. The number of halogens is 1. The highest BCUT2D eigenvalue weighted by molar-refractivity contribution is 8.15. The van der Waals surface area contributed by atoms with Crippen LogP contribution in [0, 0.1) is 12.7 Å². The summed E-state index contributed by atoms with van der Waals surface area (Å²) in [6, 6.07) is 11.6. The van der Waals surface area contributed by atoms with Crippen LogP contribution in [0.2, 0.25) is 0 Å². The summed E-state index contributed by atoms with van der Waals surface area (Å²) in [5.41, 5.74) is -0.457. The Labute approximate surface area is 201 Å². The molecule has 0 saturated carbocycles. The molecule has 2 heterocycles. The number of carbonyl (C=O) groups is 2. The molecule has 0 radical (unpaired) electrons. The molecule has 3 aromatic rings. The lowest BCUT2D eigenvalue weighted by Crippen LogP contribution is -2.29. The van der Waals surface area contributed by atoms with Crippen LogP contribution in [-0.4, -0.2) is 37.3 Å². The van der Waals surface area contributed by atoms with Crippen molar-refractivity contribution in [3.8, 4) is 5.88 Å². The van der Waals surface area contributed by atoms with Crippen molar-refractivity contribution in [1.29, 1.82) is 0 Å². The number of nitrogens with zero attached hydrogens (tertiary/aromatic N) is 1. The van der Waals surface area contributed by atoms with Crippen LogP contribution < -0.4 is 21.9 Å². The normalized spacial score (nSPS) is 17.3. The van der Waals surface area contributed by atoms with Gasteiger partial charge in [-0.25, -0.2) is 14.2 Å². The van der Waals surface area contributed by atoms with Crippen molar-refractivity contribution in [2.45, 2.75) is 24.6 Å². The van der Waals surface area contributed by atoms with Crippen molar-refractivity contribution in [3.05, 3.63) is 91.9 Å². The monoisotopic (exact) mass is 497 g/mol. The van der Waals surface area contributed by atoms with Gasteiger partial charge < -0.3 is 15.7 Å². The van der Waals surface area contributed by atoms with Crippen LogP contribution in [0.1, 0.15) is 29.2 Å². The molecule has 12 heteroatoms. The number of aromatic hydroxyl groups is 1. The first kappa shape index (κ1) is 24.0. The first-order valence-corrected chi connectivity index (χ1v) is 11.3. The number of amides is 2. The van der Waals surface area contributed by atoms with E-state index in [2.05, 4.69) is 25.6 Å². The highest BCUT2D eigenvalue weighted by atomic mass is 32.2. The minimum Gasteiger partial charge on any atom is -0.494 e. The third kappa shape index (κ3) is 5.49. The van der Waals surface area contributed by atoms with Gasteiger partial charge >= 0.3 is 5.69 Å². The van der Waals surface area contributed by atoms with E-state index in [1.807, 2.05) is 6.92 Å². The molecule has 2 atom stereocenters. The number of hydrogen-bond donors (Lipinski definition) is 5. The molecule has 2 aromatic carbocycles. The zero-order chi connectivity index (χ0) is 25.1. The zero-order valence-corrected chi connectivity index (χ0v) is 19.1. The maximum Gasteiger partial charge on any atom is 0.328 e. The minimum absolute atomic E-state index is 0.00185. The molecular formula is C23H20FN5O5S. The molecule has 10 nitrogen and oxygen atoms in total. The average Bonchev–Trinajstić information content (AvgIpc) is 3.13. The van der Waals surface area contributed by atoms with Crippen molar-refractivity contribution < 1.29 is 19.1 Å². The van der Waals surface area contributed by atoms with Gasteiger partial charge in [0.2, 0.25) is 17.7 Å². The largest absolute Gasteiger partial charge is 0.494 e. The van der Waals surface area contributed by atoms with Crippen LogP contribution in [-0.2, 0) is 9.59 Å². The standard InChI is InChI=1S/C23H20FN5O5S/c1-11-6-8-12(9-7-11)18(17-20(32)27-22(34)28-21(17)33)26-23-29-19(31)15(35-23)10-16(30)25-14-5-3-2-4-13(14)24/h2-9,15,18H,10H2,1H3,(H,25,30)(H,26,29,31)(H3,27,28,32,33,34). The lowest BCUT2D eigenvalue weighted by atomic mass is 10.00. The Morgan fingerprint density at radius 1 is 1.14 bits per heavy atom. The average molecular weight is 498 g/mol. The number of rotatable bonds is 6. The van der Waals surface area contributed by atoms with Crippen molar-refractivity contribution in [2.24, 2.45) is 4.99 Å². The Morgan fingerprint density at radius 2 is 1.86 bits per heavy atom. The molecule has 0 bridgehead atoms. The van der Waals surface area contributed by atoms with Gasteiger partial charge in [-0.1, -0.05) is 53.7 Å². The number of anilines is 1. The van der Waals surface area contributed by atoms with Gasteiger partial charge in [-0.05, 0) is 24.6 Å². The lowest BCUT2D eigenvalue weighted by Gasteiger charge is -2.14. The van der Waals surface area contributed by atoms with E-state index in [1.165, 1.54) is 18.2 Å². The molecule has 180 valence electrons. The maximum absolute atomic E-state index is 13.8. The van der Waals surface area contributed by atoms with E-state index < -0.39 is 46.1 Å². The summed E-state index contributed by atoms with van der Waals surface area (Å²) < 4.78 is 13.8. The van der Waals surface area contributed by atoms with Crippen LogP contribution in [0.3, 0.4) is 0 Å². The second-order valence-electron chi connectivity index (χ2n) is 7.75. The van der Waals surface area contributed by atoms with Gasteiger partial charge in [-0.3, -0.25) is 24.4 Å². The number of aryl methyl sites for hydroxylation is 1. The number of benzene rings is 2. The summed E-state index contributed by atoms with van der Waals surface area (Å²) in [6.45, 7) is 1.87. The van der Waals surface area contributed by atoms with Gasteiger partial charge in [0, 0.05) is 6.42 Å². The van der Waals surface area contributed by atoms with E-state index in [4.69, 9.17) is 0 Å². The van der Waals surface area contributed by atoms with Crippen molar-refractivity contribution in [1.82, 2.24) is 15.3 Å². The highest BCUT2D eigenvalue weighted by Crippen LogP contribution is 2.32. The summed E-state index contributed by atoms with van der Waals surface area (Å²) in [5, 5.41) is 14.6. The maximum atomic E-state index is 13.8. The SMILES string of the molecule is Cc1ccc(C(N=C2NC(=O)C(CC(=O)Nc3ccccc3F)S2)c2c(O)[nH]c(=O)[nH]c2=O)cc1. The number of nitrogens with one attached hydrogen (secondary N) is 4. The Kier molecular flexibility index (Phi) is 6.82. The fourth-order valence-corrected chi connectivity index (χ4v) is 4.44. The quantitative estimate of drug-likeness (QED) is 0.350. The smallest absolute Gasteiger partial charge is 0.328 e. The molecule has 4 rings (SSSR count). The van der Waals surface area contributed by atoms with Crippen LogP contribution >= 0.6 is 11.8 Å². The van der Waals surface area contributed by atoms with Crippen LogP contribution in [0.25, 0.3) is 0 Å². The van der Waals surface area contributed by atoms with E-state index in [0.29, 0.717) is 5.56 Å². The second kappa shape index (κ2) is 9.97. The molecule has 1 aromatic heterocycles. The number of aromatic nitrogens is 2. The van der Waals surface area contributed by atoms with E-state index in [0.717, 1.165) is 17.3 Å². The van der Waals surface area contributed by atoms with Gasteiger partial charge in [0.05, 0.1) is 5.69 Å². The van der Waals surface area contributed by atoms with Gasteiger partial charge in [0.1, 0.15) is 22.7 Å². The van der Waals surface area contributed by atoms with Crippen molar-refractivity contribution >= 4 is 34.4 Å². The molecule has 1 aliphatic heterocycles. The van der Waals surface area contributed by atoms with Gasteiger partial charge in [-0.2, -0.15) is 0 Å². The number of thioether (sulfide) groups is 1. The predicted molar refractivity (Wildman–Crippen MR) is 129 cm³/mol. The number of aromatic amines is 2. The van der Waals surface area contributed by atoms with Crippen LogP contribution in [0.15, 0.2) is 63.1 Å². The summed E-state index contributed by atoms with van der Waals surface area (Å²) >= 11 is 0.966. The number of hydrogen-bond acceptors (Lipinski definition) is 7. The third-order valence-corrected chi connectivity index (χ3v) is 6.26.